The predicted molar refractivity (Wildman–Crippen MR) is 74.4 cm³/mol. The maximum Gasteiger partial charge on any atom is 0.156 e. The third-order valence-electron chi connectivity index (χ3n) is 2.82. The summed E-state index contributed by atoms with van der Waals surface area (Å²) in [5, 5.41) is 4.58. The van der Waals surface area contributed by atoms with Crippen LogP contribution in [0, 0.1) is 0 Å². The highest BCUT2D eigenvalue weighted by Crippen LogP contribution is 2.13. The van der Waals surface area contributed by atoms with Crippen molar-refractivity contribution in [2.45, 2.75) is 39.7 Å². The lowest BCUT2D eigenvalue weighted by Gasteiger charge is -2.22. The SMILES string of the molecule is CCCN(CC)CCN=C1NC(C)CCS1. The van der Waals surface area contributed by atoms with Crippen LogP contribution in [0.15, 0.2) is 4.99 Å². The Morgan fingerprint density at radius 3 is 2.88 bits per heavy atom. The van der Waals surface area contributed by atoms with Crippen molar-refractivity contribution >= 4 is 16.9 Å². The minimum absolute atomic E-state index is 0.595. The first-order chi connectivity index (χ1) is 7.76. The summed E-state index contributed by atoms with van der Waals surface area (Å²) in [6, 6.07) is 0.595. The van der Waals surface area contributed by atoms with Crippen LogP contribution in [0.3, 0.4) is 0 Å². The van der Waals surface area contributed by atoms with Gasteiger partial charge in [-0.15, -0.1) is 0 Å². The van der Waals surface area contributed by atoms with Gasteiger partial charge in [-0.25, -0.2) is 0 Å². The smallest absolute Gasteiger partial charge is 0.156 e. The van der Waals surface area contributed by atoms with Crippen molar-refractivity contribution in [2.24, 2.45) is 4.99 Å². The molecule has 94 valence electrons. The molecule has 1 atom stereocenters. The summed E-state index contributed by atoms with van der Waals surface area (Å²) in [4.78, 5) is 7.09. The summed E-state index contributed by atoms with van der Waals surface area (Å²) in [5.41, 5.74) is 0. The lowest BCUT2D eigenvalue weighted by molar-refractivity contribution is 0.297. The first kappa shape index (κ1) is 13.8. The summed E-state index contributed by atoms with van der Waals surface area (Å²) >= 11 is 1.86. The maximum absolute atomic E-state index is 4.63. The van der Waals surface area contributed by atoms with Gasteiger partial charge in [0.2, 0.25) is 0 Å². The fourth-order valence-electron chi connectivity index (χ4n) is 1.79. The van der Waals surface area contributed by atoms with Gasteiger partial charge < -0.3 is 10.2 Å². The molecule has 4 heteroatoms. The van der Waals surface area contributed by atoms with E-state index in [0.29, 0.717) is 6.04 Å². The van der Waals surface area contributed by atoms with Crippen molar-refractivity contribution in [3.63, 3.8) is 0 Å². The van der Waals surface area contributed by atoms with Gasteiger partial charge in [0.05, 0.1) is 6.54 Å². The summed E-state index contributed by atoms with van der Waals surface area (Å²) in [5.74, 6) is 1.21. The van der Waals surface area contributed by atoms with Crippen LogP contribution in [0.1, 0.15) is 33.6 Å². The number of thioether (sulfide) groups is 1. The molecule has 1 aliphatic heterocycles. The predicted octanol–water partition coefficient (Wildman–Crippen LogP) is 2.19. The van der Waals surface area contributed by atoms with Crippen LogP contribution in [-0.4, -0.2) is 48.0 Å². The van der Waals surface area contributed by atoms with Crippen molar-refractivity contribution < 1.29 is 0 Å². The molecular weight excluding hydrogens is 218 g/mol. The fraction of sp³-hybridized carbons (Fsp3) is 0.917. The van der Waals surface area contributed by atoms with Crippen LogP contribution in [0.4, 0.5) is 0 Å². The average molecular weight is 243 g/mol. The monoisotopic (exact) mass is 243 g/mol. The molecule has 1 fully saturated rings. The number of hydrogen-bond acceptors (Lipinski definition) is 3. The molecule has 0 spiro atoms. The lowest BCUT2D eigenvalue weighted by atomic mass is 10.3. The van der Waals surface area contributed by atoms with Gasteiger partial charge in [0.15, 0.2) is 5.17 Å². The van der Waals surface area contributed by atoms with E-state index in [1.807, 2.05) is 11.8 Å². The lowest BCUT2D eigenvalue weighted by Crippen LogP contribution is -2.36. The van der Waals surface area contributed by atoms with Gasteiger partial charge in [0.1, 0.15) is 0 Å². The van der Waals surface area contributed by atoms with Crippen LogP contribution in [0.5, 0.6) is 0 Å². The highest BCUT2D eigenvalue weighted by atomic mass is 32.2. The number of hydrogen-bond donors (Lipinski definition) is 1. The highest BCUT2D eigenvalue weighted by Gasteiger charge is 2.12. The topological polar surface area (TPSA) is 27.6 Å². The Labute approximate surface area is 104 Å². The number of nitrogens with one attached hydrogen (secondary N) is 1. The van der Waals surface area contributed by atoms with Crippen LogP contribution in [0.2, 0.25) is 0 Å². The minimum atomic E-state index is 0.595. The van der Waals surface area contributed by atoms with Gasteiger partial charge in [-0.1, -0.05) is 25.6 Å². The Hall–Kier alpha value is -0.220. The molecule has 0 aromatic heterocycles. The first-order valence-electron chi connectivity index (χ1n) is 6.42. The maximum atomic E-state index is 4.63. The van der Waals surface area contributed by atoms with Crippen LogP contribution < -0.4 is 5.32 Å². The molecule has 3 nitrogen and oxygen atoms in total. The standard InChI is InChI=1S/C12H25N3S/c1-4-8-15(5-2)9-7-13-12-14-11(3)6-10-16-12/h11H,4-10H2,1-3H3,(H,13,14). The van der Waals surface area contributed by atoms with E-state index in [1.54, 1.807) is 0 Å². The molecule has 1 N–H and O–H groups in total. The van der Waals surface area contributed by atoms with Gasteiger partial charge in [-0.2, -0.15) is 0 Å². The quantitative estimate of drug-likeness (QED) is 0.775. The molecule has 0 radical (unpaired) electrons. The molecule has 0 amide bonds. The molecular formula is C12H25N3S. The second-order valence-corrected chi connectivity index (χ2v) is 5.39. The number of amidine groups is 1. The second kappa shape index (κ2) is 7.96. The van der Waals surface area contributed by atoms with E-state index in [1.165, 1.54) is 25.1 Å². The van der Waals surface area contributed by atoms with E-state index in [9.17, 15) is 0 Å². The van der Waals surface area contributed by atoms with Crippen molar-refractivity contribution in [3.05, 3.63) is 0 Å². The average Bonchev–Trinajstić information content (AvgIpc) is 2.28. The van der Waals surface area contributed by atoms with Crippen LogP contribution in [0.25, 0.3) is 0 Å². The molecule has 1 saturated heterocycles. The zero-order chi connectivity index (χ0) is 11.8. The third kappa shape index (κ3) is 5.21. The molecule has 0 saturated carbocycles. The van der Waals surface area contributed by atoms with E-state index in [4.69, 9.17) is 0 Å². The van der Waals surface area contributed by atoms with Gasteiger partial charge in [-0.05, 0) is 32.9 Å². The zero-order valence-electron chi connectivity index (χ0n) is 10.8. The number of nitrogens with zero attached hydrogens (tertiary/aromatic N) is 2. The molecule has 0 aliphatic carbocycles. The molecule has 0 aromatic carbocycles. The molecule has 1 rings (SSSR count). The highest BCUT2D eigenvalue weighted by molar-refractivity contribution is 8.13. The van der Waals surface area contributed by atoms with Crippen LogP contribution in [-0.2, 0) is 0 Å². The van der Waals surface area contributed by atoms with Gasteiger partial charge in [0.25, 0.3) is 0 Å². The molecule has 1 heterocycles. The first-order valence-corrected chi connectivity index (χ1v) is 7.41. The van der Waals surface area contributed by atoms with Crippen LogP contribution >= 0.6 is 11.8 Å². The van der Waals surface area contributed by atoms with Gasteiger partial charge >= 0.3 is 0 Å². The van der Waals surface area contributed by atoms with E-state index in [2.05, 4.69) is 36.0 Å². The summed E-state index contributed by atoms with van der Waals surface area (Å²) in [7, 11) is 0. The second-order valence-electron chi connectivity index (χ2n) is 4.30. The number of aliphatic imine (C=N–C) groups is 1. The van der Waals surface area contributed by atoms with Gasteiger partial charge in [0, 0.05) is 18.3 Å². The van der Waals surface area contributed by atoms with Gasteiger partial charge in [-0.3, -0.25) is 4.99 Å². The van der Waals surface area contributed by atoms with Crippen molar-refractivity contribution in [2.75, 3.05) is 31.9 Å². The summed E-state index contributed by atoms with van der Waals surface area (Å²) < 4.78 is 0. The van der Waals surface area contributed by atoms with Crippen molar-refractivity contribution in [3.8, 4) is 0 Å². The Balaban J connectivity index is 2.23. The molecule has 16 heavy (non-hydrogen) atoms. The Morgan fingerprint density at radius 2 is 2.25 bits per heavy atom. The Bertz CT molecular complexity index is 218. The fourth-order valence-corrected chi connectivity index (χ4v) is 2.92. The minimum Gasteiger partial charge on any atom is -0.362 e. The van der Waals surface area contributed by atoms with E-state index in [0.717, 1.165) is 24.8 Å². The molecule has 1 aliphatic rings. The number of rotatable bonds is 6. The number of likely N-dealkylation sites (N-methyl/N-ethyl adjacent to an activating group) is 1. The molecule has 0 bridgehead atoms. The van der Waals surface area contributed by atoms with Crippen molar-refractivity contribution in [1.29, 1.82) is 0 Å². The molecule has 0 aromatic rings. The van der Waals surface area contributed by atoms with E-state index < -0.39 is 0 Å². The summed E-state index contributed by atoms with van der Waals surface area (Å²) in [6.45, 7) is 11.0. The largest absolute Gasteiger partial charge is 0.362 e. The van der Waals surface area contributed by atoms with Crippen molar-refractivity contribution in [1.82, 2.24) is 10.2 Å². The Morgan fingerprint density at radius 1 is 1.44 bits per heavy atom. The molecule has 1 unspecified atom stereocenters. The zero-order valence-corrected chi connectivity index (χ0v) is 11.6. The summed E-state index contributed by atoms with van der Waals surface area (Å²) in [6.07, 6.45) is 2.48. The third-order valence-corrected chi connectivity index (χ3v) is 3.78. The van der Waals surface area contributed by atoms with E-state index >= 15 is 0 Å². The normalized spacial score (nSPS) is 23.8. The van der Waals surface area contributed by atoms with E-state index in [-0.39, 0.29) is 0 Å². The Kier molecular flexibility index (Phi) is 6.88.